The smallest absolute Gasteiger partial charge is 0.257 e. The monoisotopic (exact) mass is 345 g/mol. The van der Waals surface area contributed by atoms with Gasteiger partial charge in [-0.05, 0) is 48.4 Å². The Morgan fingerprint density at radius 3 is 2.81 bits per heavy atom. The van der Waals surface area contributed by atoms with Crippen LogP contribution in [-0.2, 0) is 4.79 Å². The minimum absolute atomic E-state index is 0.0490. The van der Waals surface area contributed by atoms with Gasteiger partial charge >= 0.3 is 0 Å². The maximum Gasteiger partial charge on any atom is 0.257 e. The average Bonchev–Trinajstić information content (AvgIpc) is 3.44. The summed E-state index contributed by atoms with van der Waals surface area (Å²) in [6.07, 6.45) is 2.24. The highest BCUT2D eigenvalue weighted by Gasteiger charge is 2.43. The number of fused-ring (bicyclic) bond motifs is 1. The summed E-state index contributed by atoms with van der Waals surface area (Å²) in [5, 5.41) is 4.91. The van der Waals surface area contributed by atoms with E-state index in [4.69, 9.17) is 0 Å². The molecule has 0 saturated heterocycles. The van der Waals surface area contributed by atoms with E-state index < -0.39 is 0 Å². The number of hydrogen-bond donors (Lipinski definition) is 2. The fourth-order valence-corrected chi connectivity index (χ4v) is 3.24. The van der Waals surface area contributed by atoms with Crippen LogP contribution in [0.3, 0.4) is 0 Å². The molecule has 0 radical (unpaired) electrons. The molecule has 3 aromatic rings. The quantitative estimate of drug-likeness (QED) is 0.563. The Balaban J connectivity index is 1.44. The normalized spacial score (nSPS) is 19.0. The molecule has 2 aromatic carbocycles. The van der Waals surface area contributed by atoms with Crippen molar-refractivity contribution in [3.05, 3.63) is 81.6 Å². The number of H-pyrrole nitrogens is 1. The molecule has 26 heavy (non-hydrogen) atoms. The summed E-state index contributed by atoms with van der Waals surface area (Å²) in [7, 11) is 0. The van der Waals surface area contributed by atoms with Crippen LogP contribution in [0.25, 0.3) is 10.9 Å². The number of nitrogens with one attached hydrogen (secondary N) is 2. The minimum Gasteiger partial charge on any atom is -0.321 e. The SMILES string of the molecule is Cc1ccc2[nH]c(=O)c(/C=N/NC(=O)[C@@H]3C[C@H]3c3ccccc3)cc2c1. The molecule has 5 heteroatoms. The fraction of sp³-hybridized carbons (Fsp3) is 0.190. The van der Waals surface area contributed by atoms with Crippen LogP contribution >= 0.6 is 0 Å². The summed E-state index contributed by atoms with van der Waals surface area (Å²) >= 11 is 0. The second kappa shape index (κ2) is 6.59. The summed E-state index contributed by atoms with van der Waals surface area (Å²) < 4.78 is 0. The van der Waals surface area contributed by atoms with Gasteiger partial charge in [-0.3, -0.25) is 9.59 Å². The first-order valence-corrected chi connectivity index (χ1v) is 8.63. The lowest BCUT2D eigenvalue weighted by Crippen LogP contribution is -2.21. The van der Waals surface area contributed by atoms with Crippen LogP contribution in [0.4, 0.5) is 0 Å². The van der Waals surface area contributed by atoms with Crippen LogP contribution in [0.5, 0.6) is 0 Å². The molecular weight excluding hydrogens is 326 g/mol. The Hall–Kier alpha value is -3.21. The molecule has 1 aromatic heterocycles. The number of aromatic nitrogens is 1. The van der Waals surface area contributed by atoms with Crippen LogP contribution < -0.4 is 11.0 Å². The molecule has 0 spiro atoms. The maximum absolute atomic E-state index is 12.2. The molecule has 2 atom stereocenters. The van der Waals surface area contributed by atoms with Gasteiger partial charge < -0.3 is 4.98 Å². The Kier molecular flexibility index (Phi) is 4.13. The van der Waals surface area contributed by atoms with Crippen LogP contribution in [0.2, 0.25) is 0 Å². The third-order valence-corrected chi connectivity index (χ3v) is 4.76. The molecular formula is C21H19N3O2. The van der Waals surface area contributed by atoms with Crippen LogP contribution in [0.1, 0.15) is 29.0 Å². The van der Waals surface area contributed by atoms with Gasteiger partial charge in [-0.15, -0.1) is 0 Å². The van der Waals surface area contributed by atoms with Gasteiger partial charge in [-0.2, -0.15) is 5.10 Å². The summed E-state index contributed by atoms with van der Waals surface area (Å²) in [6.45, 7) is 2.00. The van der Waals surface area contributed by atoms with E-state index in [2.05, 4.69) is 15.5 Å². The van der Waals surface area contributed by atoms with E-state index in [0.717, 1.165) is 22.9 Å². The van der Waals surface area contributed by atoms with Gasteiger partial charge in [-0.25, -0.2) is 5.43 Å². The Bertz CT molecular complexity index is 1050. The molecule has 1 fully saturated rings. The number of hydrazone groups is 1. The Labute approximate surface area is 150 Å². The molecule has 1 aliphatic rings. The average molecular weight is 345 g/mol. The summed E-state index contributed by atoms with van der Waals surface area (Å²) in [5.74, 6) is 0.105. The van der Waals surface area contributed by atoms with Gasteiger partial charge in [0.2, 0.25) is 5.91 Å². The zero-order valence-corrected chi connectivity index (χ0v) is 14.4. The van der Waals surface area contributed by atoms with Crippen LogP contribution in [0, 0.1) is 12.8 Å². The first-order chi connectivity index (χ1) is 12.6. The largest absolute Gasteiger partial charge is 0.321 e. The van der Waals surface area contributed by atoms with Crippen molar-refractivity contribution in [1.82, 2.24) is 10.4 Å². The fourth-order valence-electron chi connectivity index (χ4n) is 3.24. The second-order valence-corrected chi connectivity index (χ2v) is 6.74. The first kappa shape index (κ1) is 16.3. The zero-order chi connectivity index (χ0) is 18.1. The van der Waals surface area contributed by atoms with Crippen LogP contribution in [-0.4, -0.2) is 17.1 Å². The van der Waals surface area contributed by atoms with E-state index in [-0.39, 0.29) is 23.3 Å². The number of aromatic amines is 1. The van der Waals surface area contributed by atoms with Crippen molar-refractivity contribution in [2.75, 3.05) is 0 Å². The highest BCUT2D eigenvalue weighted by Crippen LogP contribution is 2.47. The van der Waals surface area contributed by atoms with E-state index in [1.165, 1.54) is 11.8 Å². The maximum atomic E-state index is 12.2. The molecule has 4 rings (SSSR count). The number of nitrogens with zero attached hydrogens (tertiary/aromatic N) is 1. The lowest BCUT2D eigenvalue weighted by molar-refractivity contribution is -0.122. The molecule has 130 valence electrons. The van der Waals surface area contributed by atoms with E-state index in [9.17, 15) is 9.59 Å². The lowest BCUT2D eigenvalue weighted by atomic mass is 10.1. The summed E-state index contributed by atoms with van der Waals surface area (Å²) in [6, 6.07) is 17.6. The van der Waals surface area contributed by atoms with E-state index in [0.29, 0.717) is 5.56 Å². The molecule has 1 heterocycles. The number of carbonyl (C=O) groups excluding carboxylic acids is 1. The van der Waals surface area contributed by atoms with Gasteiger partial charge in [0.05, 0.1) is 11.8 Å². The van der Waals surface area contributed by atoms with Gasteiger partial charge in [-0.1, -0.05) is 42.0 Å². The standard InChI is InChI=1S/C21H19N3O2/c1-13-7-8-19-15(9-13)10-16(20(25)23-19)12-22-24-21(26)18-11-17(18)14-5-3-2-4-6-14/h2-10,12,17-18H,11H2,1H3,(H,23,25)(H,24,26)/b22-12+/t17-,18+/m0/s1. The van der Waals surface area contributed by atoms with Crippen molar-refractivity contribution in [1.29, 1.82) is 0 Å². The topological polar surface area (TPSA) is 74.3 Å². The van der Waals surface area contributed by atoms with Crippen LogP contribution in [0.15, 0.2) is 64.5 Å². The van der Waals surface area contributed by atoms with Crippen molar-refractivity contribution >= 4 is 23.0 Å². The van der Waals surface area contributed by atoms with E-state index in [1.54, 1.807) is 6.07 Å². The molecule has 0 unspecified atom stereocenters. The van der Waals surface area contributed by atoms with Crippen molar-refractivity contribution in [3.63, 3.8) is 0 Å². The highest BCUT2D eigenvalue weighted by atomic mass is 16.2. The van der Waals surface area contributed by atoms with Crippen molar-refractivity contribution < 1.29 is 4.79 Å². The summed E-state index contributed by atoms with van der Waals surface area (Å²) in [5.41, 5.74) is 5.82. The van der Waals surface area contributed by atoms with Gasteiger partial charge in [0.15, 0.2) is 0 Å². The number of rotatable bonds is 4. The molecule has 0 bridgehead atoms. The predicted octanol–water partition coefficient (Wildman–Crippen LogP) is 3.09. The molecule has 1 amide bonds. The molecule has 2 N–H and O–H groups in total. The summed E-state index contributed by atoms with van der Waals surface area (Å²) in [4.78, 5) is 27.2. The molecule has 0 aliphatic heterocycles. The molecule has 1 aliphatic carbocycles. The Morgan fingerprint density at radius 2 is 2.00 bits per heavy atom. The van der Waals surface area contributed by atoms with E-state index >= 15 is 0 Å². The minimum atomic E-state index is -0.229. The highest BCUT2D eigenvalue weighted by molar-refractivity contribution is 5.89. The van der Waals surface area contributed by atoms with Crippen molar-refractivity contribution in [2.24, 2.45) is 11.0 Å². The lowest BCUT2D eigenvalue weighted by Gasteiger charge is -2.02. The molecule has 5 nitrogen and oxygen atoms in total. The van der Waals surface area contributed by atoms with Gasteiger partial charge in [0.25, 0.3) is 5.56 Å². The zero-order valence-electron chi connectivity index (χ0n) is 14.4. The number of hydrogen-bond acceptors (Lipinski definition) is 3. The van der Waals surface area contributed by atoms with Crippen molar-refractivity contribution in [2.45, 2.75) is 19.3 Å². The Morgan fingerprint density at radius 1 is 1.19 bits per heavy atom. The molecule has 1 saturated carbocycles. The van der Waals surface area contributed by atoms with E-state index in [1.807, 2.05) is 55.5 Å². The number of benzene rings is 2. The number of amides is 1. The number of aryl methyl sites for hydroxylation is 1. The number of carbonyl (C=O) groups is 1. The van der Waals surface area contributed by atoms with Crippen molar-refractivity contribution in [3.8, 4) is 0 Å². The third-order valence-electron chi connectivity index (χ3n) is 4.76. The van der Waals surface area contributed by atoms with Gasteiger partial charge in [0.1, 0.15) is 0 Å². The second-order valence-electron chi connectivity index (χ2n) is 6.74. The van der Waals surface area contributed by atoms with Gasteiger partial charge in [0, 0.05) is 11.4 Å². The third kappa shape index (κ3) is 3.28. The first-order valence-electron chi connectivity index (χ1n) is 8.63. The number of pyridine rings is 1. The predicted molar refractivity (Wildman–Crippen MR) is 102 cm³/mol.